The van der Waals surface area contributed by atoms with Crippen LogP contribution < -0.4 is 0 Å². The van der Waals surface area contributed by atoms with Crippen LogP contribution in [0.4, 0.5) is 0 Å². The average Bonchev–Trinajstić information content (AvgIpc) is 2.55. The van der Waals surface area contributed by atoms with Crippen molar-refractivity contribution in [2.24, 2.45) is 5.92 Å². The summed E-state index contributed by atoms with van der Waals surface area (Å²) in [5.41, 5.74) is -2.88. The van der Waals surface area contributed by atoms with Crippen molar-refractivity contribution >= 4 is 17.4 Å². The fourth-order valence-corrected chi connectivity index (χ4v) is 4.23. The van der Waals surface area contributed by atoms with Crippen LogP contribution in [0.5, 0.6) is 0 Å². The van der Waals surface area contributed by atoms with Crippen LogP contribution in [0.25, 0.3) is 0 Å². The summed E-state index contributed by atoms with van der Waals surface area (Å²) in [7, 11) is 0. The highest BCUT2D eigenvalue weighted by Gasteiger charge is 2.75. The van der Waals surface area contributed by atoms with Crippen molar-refractivity contribution in [3.8, 4) is 0 Å². The van der Waals surface area contributed by atoms with Crippen molar-refractivity contribution in [1.29, 1.82) is 0 Å². The second kappa shape index (κ2) is 4.52. The third kappa shape index (κ3) is 1.71. The van der Waals surface area contributed by atoms with Gasteiger partial charge in [-0.2, -0.15) is 0 Å². The van der Waals surface area contributed by atoms with E-state index < -0.39 is 27.9 Å². The smallest absolute Gasteiger partial charge is 0.262 e. The Hall–Kier alpha value is -1.46. The van der Waals surface area contributed by atoms with Crippen LogP contribution in [0.15, 0.2) is 24.3 Å². The van der Waals surface area contributed by atoms with E-state index in [0.29, 0.717) is 23.4 Å². The molecule has 112 valence electrons. The summed E-state index contributed by atoms with van der Waals surface area (Å²) in [4.78, 5) is 23.8. The predicted octanol–water partition coefficient (Wildman–Crippen LogP) is 2.57. The molecule has 1 aromatic rings. The maximum atomic E-state index is 12.5. The van der Waals surface area contributed by atoms with Gasteiger partial charge in [-0.1, -0.05) is 23.7 Å². The number of nitro groups is 1. The number of benzene rings is 1. The Labute approximate surface area is 127 Å². The maximum Gasteiger partial charge on any atom is 0.262 e. The lowest BCUT2D eigenvalue weighted by Crippen LogP contribution is -2.58. The molecule has 0 spiro atoms. The molecule has 6 heteroatoms. The molecule has 5 nitrogen and oxygen atoms in total. The number of hydrogen-bond donors (Lipinski definition) is 1. The van der Waals surface area contributed by atoms with Crippen molar-refractivity contribution in [3.05, 3.63) is 45.0 Å². The number of ketones is 1. The second-order valence-corrected chi connectivity index (χ2v) is 6.59. The highest BCUT2D eigenvalue weighted by atomic mass is 35.5. The lowest BCUT2D eigenvalue weighted by Gasteiger charge is -2.33. The van der Waals surface area contributed by atoms with Crippen molar-refractivity contribution in [2.75, 3.05) is 0 Å². The van der Waals surface area contributed by atoms with Crippen molar-refractivity contribution in [1.82, 2.24) is 0 Å². The van der Waals surface area contributed by atoms with Gasteiger partial charge in [0.05, 0.1) is 5.92 Å². The van der Waals surface area contributed by atoms with Gasteiger partial charge >= 0.3 is 0 Å². The SMILES string of the molecule is C[C@@]1([N+](=O)[O-])[C@H](c2ccc(Cl)cc2)[C@H]2CCC[C@]1(O)C2=O. The normalized spacial score (nSPS) is 38.5. The van der Waals surface area contributed by atoms with E-state index in [-0.39, 0.29) is 12.2 Å². The number of aliphatic hydroxyl groups is 1. The molecule has 2 saturated carbocycles. The van der Waals surface area contributed by atoms with Gasteiger partial charge in [0.15, 0.2) is 11.4 Å². The molecule has 2 aliphatic rings. The Morgan fingerprint density at radius 3 is 2.57 bits per heavy atom. The summed E-state index contributed by atoms with van der Waals surface area (Å²) in [5.74, 6) is -1.50. The Balaban J connectivity index is 2.19. The van der Waals surface area contributed by atoms with Crippen LogP contribution in [0.3, 0.4) is 0 Å². The molecule has 1 N–H and O–H groups in total. The quantitative estimate of drug-likeness (QED) is 0.672. The van der Waals surface area contributed by atoms with Crippen LogP contribution in [0.1, 0.15) is 37.7 Å². The summed E-state index contributed by atoms with van der Waals surface area (Å²) in [6.07, 6.45) is 1.36. The molecule has 4 atom stereocenters. The van der Waals surface area contributed by atoms with E-state index in [1.54, 1.807) is 24.3 Å². The number of carbonyl (C=O) groups is 1. The molecule has 2 fully saturated rings. The van der Waals surface area contributed by atoms with Gasteiger partial charge in [-0.3, -0.25) is 14.9 Å². The van der Waals surface area contributed by atoms with E-state index in [4.69, 9.17) is 11.6 Å². The number of halogens is 1. The van der Waals surface area contributed by atoms with E-state index in [1.807, 2.05) is 0 Å². The average molecular weight is 310 g/mol. The largest absolute Gasteiger partial charge is 0.375 e. The first-order chi connectivity index (χ1) is 9.82. The molecule has 2 aliphatic carbocycles. The molecule has 0 amide bonds. The second-order valence-electron chi connectivity index (χ2n) is 6.16. The van der Waals surface area contributed by atoms with Crippen LogP contribution in [-0.4, -0.2) is 27.0 Å². The number of rotatable bonds is 2. The van der Waals surface area contributed by atoms with Gasteiger partial charge in [0.25, 0.3) is 5.54 Å². The summed E-state index contributed by atoms with van der Waals surface area (Å²) < 4.78 is 0. The molecule has 1 aromatic carbocycles. The summed E-state index contributed by atoms with van der Waals surface area (Å²) in [6, 6.07) is 6.75. The van der Waals surface area contributed by atoms with Crippen LogP contribution >= 0.6 is 11.6 Å². The Bertz CT molecular complexity index is 617. The molecule has 0 aromatic heterocycles. The molecule has 0 aliphatic heterocycles. The molecule has 2 bridgehead atoms. The fraction of sp³-hybridized carbons (Fsp3) is 0.533. The van der Waals surface area contributed by atoms with E-state index in [0.717, 1.165) is 0 Å². The maximum absolute atomic E-state index is 12.5. The Morgan fingerprint density at radius 1 is 1.38 bits per heavy atom. The Morgan fingerprint density at radius 2 is 2.00 bits per heavy atom. The number of fused-ring (bicyclic) bond motifs is 2. The molecule has 0 saturated heterocycles. The molecule has 21 heavy (non-hydrogen) atoms. The molecule has 0 radical (unpaired) electrons. The highest BCUT2D eigenvalue weighted by Crippen LogP contribution is 2.58. The first kappa shape index (κ1) is 14.5. The minimum atomic E-state index is -1.87. The summed E-state index contributed by atoms with van der Waals surface area (Å²) in [6.45, 7) is 1.40. The van der Waals surface area contributed by atoms with Crippen LogP contribution in [0.2, 0.25) is 5.02 Å². The highest BCUT2D eigenvalue weighted by molar-refractivity contribution is 6.30. The monoisotopic (exact) mass is 309 g/mol. The fourth-order valence-electron chi connectivity index (χ4n) is 4.10. The van der Waals surface area contributed by atoms with E-state index in [2.05, 4.69) is 0 Å². The zero-order chi connectivity index (χ0) is 15.4. The molecular formula is C15H16ClNO4. The molecule has 3 rings (SSSR count). The topological polar surface area (TPSA) is 80.4 Å². The number of Topliss-reactive ketones (excluding diaryl/α,β-unsaturated/α-hetero) is 1. The third-order valence-corrected chi connectivity index (χ3v) is 5.50. The zero-order valence-electron chi connectivity index (χ0n) is 11.6. The van der Waals surface area contributed by atoms with Crippen molar-refractivity contribution in [2.45, 2.75) is 43.2 Å². The van der Waals surface area contributed by atoms with Crippen molar-refractivity contribution in [3.63, 3.8) is 0 Å². The van der Waals surface area contributed by atoms with Gasteiger partial charge in [0.2, 0.25) is 0 Å². The lowest BCUT2D eigenvalue weighted by atomic mass is 9.75. The third-order valence-electron chi connectivity index (χ3n) is 5.25. The van der Waals surface area contributed by atoms with E-state index >= 15 is 0 Å². The van der Waals surface area contributed by atoms with Gasteiger partial charge in [-0.15, -0.1) is 0 Å². The molecular weight excluding hydrogens is 294 g/mol. The first-order valence-corrected chi connectivity index (χ1v) is 7.37. The van der Waals surface area contributed by atoms with Gasteiger partial charge in [-0.05, 0) is 37.0 Å². The lowest BCUT2D eigenvalue weighted by molar-refractivity contribution is -0.587. The minimum Gasteiger partial charge on any atom is -0.375 e. The Kier molecular flexibility index (Phi) is 3.11. The van der Waals surface area contributed by atoms with Gasteiger partial charge < -0.3 is 5.11 Å². The standard InChI is InChI=1S/C15H16ClNO4/c1-14(17(20)21)12(9-4-6-10(16)7-5-9)11-3-2-8-15(14,19)13(11)18/h4-7,11-12,19H,2-3,8H2,1H3/t11-,12-,14-,15+/m1/s1. The number of carbonyl (C=O) groups excluding carboxylic acids is 1. The minimum absolute atomic E-state index is 0.157. The van der Waals surface area contributed by atoms with Crippen LogP contribution in [0, 0.1) is 16.0 Å². The molecule has 0 unspecified atom stereocenters. The van der Waals surface area contributed by atoms with Crippen molar-refractivity contribution < 1.29 is 14.8 Å². The predicted molar refractivity (Wildman–Crippen MR) is 76.9 cm³/mol. The number of hydrogen-bond acceptors (Lipinski definition) is 4. The van der Waals surface area contributed by atoms with Gasteiger partial charge in [0, 0.05) is 22.8 Å². The summed E-state index contributed by atoms with van der Waals surface area (Å²) >= 11 is 5.87. The first-order valence-electron chi connectivity index (χ1n) is 6.99. The van der Waals surface area contributed by atoms with E-state index in [1.165, 1.54) is 6.92 Å². The molecule has 0 heterocycles. The summed E-state index contributed by atoms with van der Waals surface area (Å²) in [5, 5.41) is 23.0. The van der Waals surface area contributed by atoms with Gasteiger partial charge in [-0.25, -0.2) is 0 Å². The number of nitrogens with zero attached hydrogens (tertiary/aromatic N) is 1. The van der Waals surface area contributed by atoms with E-state index in [9.17, 15) is 20.0 Å². The van der Waals surface area contributed by atoms with Gasteiger partial charge in [0.1, 0.15) is 0 Å². The van der Waals surface area contributed by atoms with Crippen LogP contribution in [-0.2, 0) is 4.79 Å². The zero-order valence-corrected chi connectivity index (χ0v) is 12.3.